The van der Waals surface area contributed by atoms with Crippen molar-refractivity contribution in [2.24, 2.45) is 0 Å². The summed E-state index contributed by atoms with van der Waals surface area (Å²) >= 11 is 9.89. The number of hydrogen-bond donors (Lipinski definition) is 0. The summed E-state index contributed by atoms with van der Waals surface area (Å²) in [6.45, 7) is 1.30. The van der Waals surface area contributed by atoms with Crippen LogP contribution in [-0.4, -0.2) is 5.78 Å². The summed E-state index contributed by atoms with van der Waals surface area (Å²) in [4.78, 5) is 9.66. The maximum Gasteiger partial charge on any atom is 1.00 e. The Morgan fingerprint density at radius 3 is 1.71 bits per heavy atom. The standard InChI is InChI=1S/C3H3Cl2O.Li/c1-2(6)3(4)5;/h1H3;/q-1;+1. The number of carbonyl (C=O) groups excluding carboxylic acids is 1. The average Bonchev–Trinajstić information content (AvgIpc) is 1.36. The minimum atomic E-state index is -0.293. The maximum atomic E-state index is 9.84. The van der Waals surface area contributed by atoms with Gasteiger partial charge in [-0.05, 0) is 6.92 Å². The van der Waals surface area contributed by atoms with E-state index in [9.17, 15) is 4.79 Å². The van der Waals surface area contributed by atoms with Crippen molar-refractivity contribution in [1.29, 1.82) is 0 Å². The van der Waals surface area contributed by atoms with Crippen LogP contribution in [0.15, 0.2) is 0 Å². The van der Waals surface area contributed by atoms with E-state index in [1.54, 1.807) is 0 Å². The fraction of sp³-hybridized carbons (Fsp3) is 0.333. The van der Waals surface area contributed by atoms with Crippen molar-refractivity contribution in [3.8, 4) is 0 Å². The molecule has 0 amide bonds. The second-order valence-corrected chi connectivity index (χ2v) is 1.77. The molecule has 0 N–H and O–H groups in total. The van der Waals surface area contributed by atoms with Gasteiger partial charge in [0, 0.05) is 5.78 Å². The molecule has 0 unspecified atom stereocenters. The molecule has 0 fully saturated rings. The van der Waals surface area contributed by atoms with E-state index in [2.05, 4.69) is 0 Å². The SMILES string of the molecule is CC(=O)[C-](Cl)Cl.[Li+]. The van der Waals surface area contributed by atoms with Crippen molar-refractivity contribution in [3.05, 3.63) is 4.84 Å². The largest absolute Gasteiger partial charge is 1.00 e. The monoisotopic (exact) mass is 132 g/mol. The number of ketones is 1. The van der Waals surface area contributed by atoms with E-state index in [1.807, 2.05) is 0 Å². The zero-order valence-corrected chi connectivity index (χ0v) is 5.68. The molecule has 1 nitrogen and oxygen atoms in total. The molecule has 0 aromatic carbocycles. The maximum absolute atomic E-state index is 9.84. The molecule has 0 atom stereocenters. The van der Waals surface area contributed by atoms with Crippen molar-refractivity contribution < 1.29 is 23.7 Å². The molecular formula is C3H3Cl2LiO. The third kappa shape index (κ3) is 6.72. The number of Topliss-reactive ketones (excluding diaryl/α,β-unsaturated/α-hetero) is 1. The van der Waals surface area contributed by atoms with Gasteiger partial charge < -0.3 is 28.0 Å². The Kier molecular flexibility index (Phi) is 7.41. The van der Waals surface area contributed by atoms with Gasteiger partial charge in [0.2, 0.25) is 0 Å². The summed E-state index contributed by atoms with van der Waals surface area (Å²) in [7, 11) is 0. The first-order chi connectivity index (χ1) is 2.64. The van der Waals surface area contributed by atoms with Crippen molar-refractivity contribution in [2.75, 3.05) is 0 Å². The van der Waals surface area contributed by atoms with E-state index in [4.69, 9.17) is 23.2 Å². The third-order valence-electron chi connectivity index (χ3n) is 0.266. The topological polar surface area (TPSA) is 17.1 Å². The first-order valence-corrected chi connectivity index (χ1v) is 2.09. The Balaban J connectivity index is 0. The van der Waals surface area contributed by atoms with Crippen LogP contribution in [0.25, 0.3) is 0 Å². The van der Waals surface area contributed by atoms with Gasteiger partial charge in [-0.1, -0.05) is 0 Å². The molecule has 0 aliphatic carbocycles. The Bertz CT molecular complexity index is 64.0. The molecule has 0 aromatic rings. The third-order valence-corrected chi connectivity index (χ3v) is 0.798. The van der Waals surface area contributed by atoms with Crippen LogP contribution in [-0.2, 0) is 4.79 Å². The van der Waals surface area contributed by atoms with Crippen LogP contribution in [0.1, 0.15) is 6.92 Å². The van der Waals surface area contributed by atoms with Gasteiger partial charge >= 0.3 is 18.9 Å². The smallest absolute Gasteiger partial charge is 0.332 e. The molecule has 0 radical (unpaired) electrons. The summed E-state index contributed by atoms with van der Waals surface area (Å²) in [5, 5.41) is 0. The average molecular weight is 133 g/mol. The van der Waals surface area contributed by atoms with E-state index >= 15 is 0 Å². The molecule has 0 saturated carbocycles. The van der Waals surface area contributed by atoms with Gasteiger partial charge in [0.1, 0.15) is 0 Å². The summed E-state index contributed by atoms with van der Waals surface area (Å²) in [5.41, 5.74) is 0. The Hall–Kier alpha value is 0.717. The van der Waals surface area contributed by atoms with Crippen LogP contribution in [0, 0.1) is 4.84 Å². The summed E-state index contributed by atoms with van der Waals surface area (Å²) in [5.74, 6) is -0.293. The zero-order chi connectivity index (χ0) is 5.15. The van der Waals surface area contributed by atoms with Gasteiger partial charge in [0.25, 0.3) is 0 Å². The quantitative estimate of drug-likeness (QED) is 0.315. The molecule has 0 aliphatic heterocycles. The molecular weight excluding hydrogens is 130 g/mol. The molecule has 0 rings (SSSR count). The normalized spacial score (nSPS) is 6.71. The Morgan fingerprint density at radius 1 is 1.57 bits per heavy atom. The number of carbonyl (C=O) groups is 1. The van der Waals surface area contributed by atoms with Gasteiger partial charge in [-0.25, -0.2) is 0 Å². The van der Waals surface area contributed by atoms with Crippen LogP contribution in [0.4, 0.5) is 0 Å². The zero-order valence-electron chi connectivity index (χ0n) is 4.16. The van der Waals surface area contributed by atoms with E-state index in [1.165, 1.54) is 6.92 Å². The summed E-state index contributed by atoms with van der Waals surface area (Å²) < 4.78 is 0. The summed E-state index contributed by atoms with van der Waals surface area (Å²) in [6.07, 6.45) is 0. The Labute approximate surface area is 64.5 Å². The predicted octanol–water partition coefficient (Wildman–Crippen LogP) is -1.45. The molecule has 0 heterocycles. The molecule has 4 heteroatoms. The molecule has 7 heavy (non-hydrogen) atoms. The molecule has 0 bridgehead atoms. The fourth-order valence-electron chi connectivity index (χ4n) is 0. The minimum Gasteiger partial charge on any atom is -0.332 e. The minimum absolute atomic E-state index is 0. The Morgan fingerprint density at radius 2 is 1.71 bits per heavy atom. The van der Waals surface area contributed by atoms with Gasteiger partial charge in [0.05, 0.1) is 0 Å². The van der Waals surface area contributed by atoms with E-state index in [-0.39, 0.29) is 29.5 Å². The van der Waals surface area contributed by atoms with Crippen molar-refractivity contribution in [3.63, 3.8) is 0 Å². The van der Waals surface area contributed by atoms with Crippen molar-refractivity contribution in [1.82, 2.24) is 0 Å². The molecule has 0 saturated heterocycles. The first-order valence-electron chi connectivity index (χ1n) is 1.33. The van der Waals surface area contributed by atoms with E-state index in [0.717, 1.165) is 0 Å². The van der Waals surface area contributed by atoms with Crippen LogP contribution in [0.5, 0.6) is 0 Å². The predicted molar refractivity (Wildman–Crippen MR) is 25.6 cm³/mol. The van der Waals surface area contributed by atoms with E-state index in [0.29, 0.717) is 0 Å². The van der Waals surface area contributed by atoms with Crippen LogP contribution in [0.3, 0.4) is 0 Å². The summed E-state index contributed by atoms with van der Waals surface area (Å²) in [6, 6.07) is 0. The first kappa shape index (κ1) is 10.7. The van der Waals surface area contributed by atoms with Crippen LogP contribution >= 0.6 is 23.2 Å². The van der Waals surface area contributed by atoms with Gasteiger partial charge in [-0.15, -0.1) is 4.84 Å². The van der Waals surface area contributed by atoms with Gasteiger partial charge in [0.15, 0.2) is 0 Å². The van der Waals surface area contributed by atoms with Gasteiger partial charge in [-0.2, -0.15) is 0 Å². The van der Waals surface area contributed by atoms with Crippen LogP contribution in [0.2, 0.25) is 0 Å². The van der Waals surface area contributed by atoms with Crippen molar-refractivity contribution in [2.45, 2.75) is 6.92 Å². The van der Waals surface area contributed by atoms with Crippen molar-refractivity contribution >= 4 is 29.0 Å². The van der Waals surface area contributed by atoms with E-state index < -0.39 is 0 Å². The molecule has 0 spiro atoms. The molecule has 0 aromatic heterocycles. The molecule has 0 aliphatic rings. The number of hydrogen-bond acceptors (Lipinski definition) is 1. The second kappa shape index (κ2) is 4.87. The molecule has 36 valence electrons. The number of halogens is 2. The number of rotatable bonds is 1. The van der Waals surface area contributed by atoms with Gasteiger partial charge in [-0.3, -0.25) is 0 Å². The fourth-order valence-corrected chi connectivity index (χ4v) is 0. The van der Waals surface area contributed by atoms with Crippen LogP contribution < -0.4 is 18.9 Å². The second-order valence-electron chi connectivity index (χ2n) is 0.817.